The Morgan fingerprint density at radius 3 is 3.20 bits per heavy atom. The summed E-state index contributed by atoms with van der Waals surface area (Å²) >= 11 is 1.82. The van der Waals surface area contributed by atoms with Crippen LogP contribution in [0, 0.1) is 0 Å². The van der Waals surface area contributed by atoms with Crippen LogP contribution in [0.5, 0.6) is 0 Å². The van der Waals surface area contributed by atoms with E-state index in [1.54, 1.807) is 0 Å². The molecule has 0 amide bonds. The molecule has 1 saturated carbocycles. The van der Waals surface area contributed by atoms with Crippen LogP contribution in [0.2, 0.25) is 0 Å². The van der Waals surface area contributed by atoms with Gasteiger partial charge in [-0.05, 0) is 36.3 Å². The number of fused-ring (bicyclic) bond motifs is 2. The van der Waals surface area contributed by atoms with Crippen LogP contribution in [0.1, 0.15) is 36.1 Å². The van der Waals surface area contributed by atoms with E-state index >= 15 is 0 Å². The maximum absolute atomic E-state index is 11.6. The Hall–Kier alpha value is -0.670. The smallest absolute Gasteiger partial charge is 0.135 e. The van der Waals surface area contributed by atoms with Crippen molar-refractivity contribution in [1.29, 1.82) is 0 Å². The summed E-state index contributed by atoms with van der Waals surface area (Å²) in [5, 5.41) is 5.76. The van der Waals surface area contributed by atoms with Gasteiger partial charge in [-0.25, -0.2) is 0 Å². The molecule has 1 atom stereocenters. The van der Waals surface area contributed by atoms with Gasteiger partial charge in [0.2, 0.25) is 0 Å². The maximum atomic E-state index is 11.6. The second-order valence-electron chi connectivity index (χ2n) is 4.60. The van der Waals surface area contributed by atoms with E-state index in [-0.39, 0.29) is 5.54 Å². The molecule has 0 saturated heterocycles. The highest BCUT2D eigenvalue weighted by Gasteiger charge is 2.40. The molecule has 80 valence electrons. The third-order valence-corrected chi connectivity index (χ3v) is 4.76. The van der Waals surface area contributed by atoms with Gasteiger partial charge in [-0.1, -0.05) is 0 Å². The van der Waals surface area contributed by atoms with Crippen LogP contribution < -0.4 is 5.32 Å². The van der Waals surface area contributed by atoms with Gasteiger partial charge in [0.1, 0.15) is 5.78 Å². The van der Waals surface area contributed by atoms with Gasteiger partial charge in [-0.3, -0.25) is 4.79 Å². The van der Waals surface area contributed by atoms with Crippen molar-refractivity contribution in [3.63, 3.8) is 0 Å². The van der Waals surface area contributed by atoms with E-state index in [1.165, 1.54) is 10.4 Å². The summed E-state index contributed by atoms with van der Waals surface area (Å²) in [7, 11) is 0. The summed E-state index contributed by atoms with van der Waals surface area (Å²) in [6.45, 7) is 1.02. The fraction of sp³-hybridized carbons (Fsp3) is 0.583. The minimum Gasteiger partial charge on any atom is -0.306 e. The molecule has 2 nitrogen and oxygen atoms in total. The fourth-order valence-corrected chi connectivity index (χ4v) is 4.08. The predicted molar refractivity (Wildman–Crippen MR) is 61.2 cm³/mol. The first kappa shape index (κ1) is 9.55. The lowest BCUT2D eigenvalue weighted by atomic mass is 9.76. The molecule has 1 aromatic rings. The number of hydrogen-bond acceptors (Lipinski definition) is 3. The van der Waals surface area contributed by atoms with E-state index in [0.29, 0.717) is 12.2 Å². The number of carbonyl (C=O) groups is 1. The molecule has 2 aliphatic rings. The van der Waals surface area contributed by atoms with Crippen molar-refractivity contribution in [2.24, 2.45) is 0 Å². The van der Waals surface area contributed by atoms with Gasteiger partial charge in [0.15, 0.2) is 0 Å². The Labute approximate surface area is 93.7 Å². The van der Waals surface area contributed by atoms with Crippen molar-refractivity contribution >= 4 is 17.1 Å². The monoisotopic (exact) mass is 221 g/mol. The molecular weight excluding hydrogens is 206 g/mol. The van der Waals surface area contributed by atoms with Crippen molar-refractivity contribution in [3.05, 3.63) is 21.9 Å². The highest BCUT2D eigenvalue weighted by Crippen LogP contribution is 2.42. The summed E-state index contributed by atoms with van der Waals surface area (Å²) in [6.07, 6.45) is 4.79. The first-order valence-electron chi connectivity index (χ1n) is 5.64. The van der Waals surface area contributed by atoms with E-state index in [9.17, 15) is 4.79 Å². The topological polar surface area (TPSA) is 29.1 Å². The summed E-state index contributed by atoms with van der Waals surface area (Å²) < 4.78 is 0. The highest BCUT2D eigenvalue weighted by atomic mass is 32.1. The molecule has 1 fully saturated rings. The van der Waals surface area contributed by atoms with Gasteiger partial charge < -0.3 is 5.32 Å². The minimum absolute atomic E-state index is 0.0110. The molecule has 0 aromatic carbocycles. The second kappa shape index (κ2) is 3.42. The van der Waals surface area contributed by atoms with Crippen LogP contribution in [0.15, 0.2) is 11.4 Å². The quantitative estimate of drug-likeness (QED) is 0.728. The SMILES string of the molecule is O=C1CCCC2(C1)NCCc1ccsc12. The summed E-state index contributed by atoms with van der Waals surface area (Å²) in [5.74, 6) is 0.426. The minimum atomic E-state index is 0.0110. The number of nitrogens with one attached hydrogen (secondary N) is 1. The molecule has 3 heteroatoms. The standard InChI is InChI=1S/C12H15NOS/c14-10-2-1-5-12(8-10)11-9(3-6-13-12)4-7-15-11/h4,7,13H,1-3,5-6,8H2. The first-order valence-corrected chi connectivity index (χ1v) is 6.52. The second-order valence-corrected chi connectivity index (χ2v) is 5.52. The molecule has 0 bridgehead atoms. The highest BCUT2D eigenvalue weighted by molar-refractivity contribution is 7.10. The fourth-order valence-electron chi connectivity index (χ4n) is 2.91. The summed E-state index contributed by atoms with van der Waals surface area (Å²) in [4.78, 5) is 13.1. The molecule has 1 spiro atoms. The normalized spacial score (nSPS) is 30.5. The van der Waals surface area contributed by atoms with E-state index in [4.69, 9.17) is 0 Å². The number of thiophene rings is 1. The number of hydrogen-bond donors (Lipinski definition) is 1. The van der Waals surface area contributed by atoms with Crippen molar-refractivity contribution in [3.8, 4) is 0 Å². The van der Waals surface area contributed by atoms with E-state index in [1.807, 2.05) is 11.3 Å². The number of ketones is 1. The summed E-state index contributed by atoms with van der Waals surface area (Å²) in [6, 6.07) is 2.22. The Bertz CT molecular complexity index is 398. The summed E-state index contributed by atoms with van der Waals surface area (Å²) in [5.41, 5.74) is 1.48. The molecule has 1 N–H and O–H groups in total. The molecule has 3 rings (SSSR count). The third-order valence-electron chi connectivity index (χ3n) is 3.60. The average molecular weight is 221 g/mol. The molecule has 0 radical (unpaired) electrons. The number of Topliss-reactive ketones (excluding diaryl/α,β-unsaturated/α-hetero) is 1. The van der Waals surface area contributed by atoms with Crippen LogP contribution in [-0.4, -0.2) is 12.3 Å². The molecule has 1 aliphatic carbocycles. The maximum Gasteiger partial charge on any atom is 0.135 e. The van der Waals surface area contributed by atoms with Crippen LogP contribution >= 0.6 is 11.3 Å². The molecule has 15 heavy (non-hydrogen) atoms. The van der Waals surface area contributed by atoms with Gasteiger partial charge >= 0.3 is 0 Å². The van der Waals surface area contributed by atoms with E-state index in [0.717, 1.165) is 32.2 Å². The lowest BCUT2D eigenvalue weighted by Gasteiger charge is -2.40. The van der Waals surface area contributed by atoms with Crippen molar-refractivity contribution in [2.75, 3.05) is 6.54 Å². The van der Waals surface area contributed by atoms with Gasteiger partial charge in [-0.15, -0.1) is 11.3 Å². The van der Waals surface area contributed by atoms with E-state index in [2.05, 4.69) is 16.8 Å². The number of carbonyl (C=O) groups excluding carboxylic acids is 1. The van der Waals surface area contributed by atoms with Gasteiger partial charge in [0.05, 0.1) is 5.54 Å². The number of rotatable bonds is 0. The molecule has 1 unspecified atom stereocenters. The van der Waals surface area contributed by atoms with Gasteiger partial charge in [-0.2, -0.15) is 0 Å². The molecule has 2 heterocycles. The Kier molecular flexibility index (Phi) is 2.18. The zero-order chi connectivity index (χ0) is 10.3. The molecular formula is C12H15NOS. The Morgan fingerprint density at radius 1 is 1.40 bits per heavy atom. The van der Waals surface area contributed by atoms with Crippen molar-refractivity contribution in [2.45, 2.75) is 37.6 Å². The van der Waals surface area contributed by atoms with Crippen molar-refractivity contribution in [1.82, 2.24) is 5.32 Å². The lowest BCUT2D eigenvalue weighted by Crippen LogP contribution is -2.49. The molecule has 1 aromatic heterocycles. The lowest BCUT2D eigenvalue weighted by molar-refractivity contribution is -0.122. The largest absolute Gasteiger partial charge is 0.306 e. The molecule has 1 aliphatic heterocycles. The van der Waals surface area contributed by atoms with Crippen molar-refractivity contribution < 1.29 is 4.79 Å². The van der Waals surface area contributed by atoms with Crippen LogP contribution in [0.25, 0.3) is 0 Å². The average Bonchev–Trinajstić information content (AvgIpc) is 2.67. The third kappa shape index (κ3) is 1.45. The van der Waals surface area contributed by atoms with Gasteiger partial charge in [0, 0.05) is 24.3 Å². The van der Waals surface area contributed by atoms with Gasteiger partial charge in [0.25, 0.3) is 0 Å². The Balaban J connectivity index is 2.03. The van der Waals surface area contributed by atoms with Crippen LogP contribution in [0.3, 0.4) is 0 Å². The van der Waals surface area contributed by atoms with Crippen LogP contribution in [0.4, 0.5) is 0 Å². The Morgan fingerprint density at radius 2 is 2.33 bits per heavy atom. The van der Waals surface area contributed by atoms with E-state index < -0.39 is 0 Å². The van der Waals surface area contributed by atoms with Crippen LogP contribution in [-0.2, 0) is 16.8 Å². The zero-order valence-electron chi connectivity index (χ0n) is 8.71. The first-order chi connectivity index (χ1) is 7.30. The zero-order valence-corrected chi connectivity index (χ0v) is 9.53. The predicted octanol–water partition coefficient (Wildman–Crippen LogP) is 2.23.